The zero-order valence-corrected chi connectivity index (χ0v) is 16.7. The van der Waals surface area contributed by atoms with Gasteiger partial charge in [-0.25, -0.2) is 4.98 Å². The Bertz CT molecular complexity index is 912. The third kappa shape index (κ3) is 4.37. The summed E-state index contributed by atoms with van der Waals surface area (Å²) in [5.41, 5.74) is 0.619. The van der Waals surface area contributed by atoms with Crippen LogP contribution in [0.4, 0.5) is 0 Å². The molecule has 0 radical (unpaired) electrons. The van der Waals surface area contributed by atoms with Gasteiger partial charge in [-0.2, -0.15) is 0 Å². The van der Waals surface area contributed by atoms with Crippen molar-refractivity contribution in [1.29, 1.82) is 0 Å². The van der Waals surface area contributed by atoms with Crippen LogP contribution in [0.25, 0.3) is 10.2 Å². The minimum absolute atomic E-state index is 0.159. The number of ether oxygens (including phenoxy) is 1. The molecule has 146 valence electrons. The second kappa shape index (κ2) is 8.21. The van der Waals surface area contributed by atoms with Gasteiger partial charge in [0, 0.05) is 10.9 Å². The molecular formula is C19H25N3O4S. The number of esters is 1. The maximum atomic E-state index is 12.6. The summed E-state index contributed by atoms with van der Waals surface area (Å²) < 4.78 is 6.46. The van der Waals surface area contributed by atoms with Gasteiger partial charge >= 0.3 is 5.97 Å². The largest absolute Gasteiger partial charge is 0.451 e. The molecule has 1 amide bonds. The van der Waals surface area contributed by atoms with Crippen LogP contribution in [0.15, 0.2) is 11.1 Å². The molecule has 0 bridgehead atoms. The molecule has 1 saturated carbocycles. The minimum Gasteiger partial charge on any atom is -0.451 e. The van der Waals surface area contributed by atoms with Crippen molar-refractivity contribution in [1.82, 2.24) is 14.9 Å². The van der Waals surface area contributed by atoms with Gasteiger partial charge in [-0.3, -0.25) is 19.0 Å². The molecule has 1 aliphatic rings. The number of nitrogens with zero attached hydrogens (tertiary/aromatic N) is 2. The Morgan fingerprint density at radius 3 is 2.74 bits per heavy atom. The van der Waals surface area contributed by atoms with Crippen LogP contribution < -0.4 is 10.9 Å². The molecule has 0 aliphatic heterocycles. The average Bonchev–Trinajstić information content (AvgIpc) is 2.93. The van der Waals surface area contributed by atoms with E-state index in [1.165, 1.54) is 28.7 Å². The molecule has 2 heterocycles. The van der Waals surface area contributed by atoms with Crippen molar-refractivity contribution in [3.63, 3.8) is 0 Å². The first kappa shape index (κ1) is 19.5. The van der Waals surface area contributed by atoms with Gasteiger partial charge in [0.05, 0.1) is 11.7 Å². The zero-order valence-electron chi connectivity index (χ0n) is 15.9. The van der Waals surface area contributed by atoms with Gasteiger partial charge in [0.15, 0.2) is 6.10 Å². The molecule has 0 saturated heterocycles. The summed E-state index contributed by atoms with van der Waals surface area (Å²) in [5.74, 6) is -0.922. The topological polar surface area (TPSA) is 90.3 Å². The summed E-state index contributed by atoms with van der Waals surface area (Å²) in [6.07, 6.45) is 5.82. The number of aryl methyl sites for hydroxylation is 2. The lowest BCUT2D eigenvalue weighted by Crippen LogP contribution is -2.43. The fraction of sp³-hybridized carbons (Fsp3) is 0.579. The molecular weight excluding hydrogens is 366 g/mol. The molecule has 1 N–H and O–H groups in total. The smallest absolute Gasteiger partial charge is 0.326 e. The average molecular weight is 391 g/mol. The van der Waals surface area contributed by atoms with Gasteiger partial charge in [0.2, 0.25) is 0 Å². The first-order valence-electron chi connectivity index (χ1n) is 9.32. The van der Waals surface area contributed by atoms with Crippen LogP contribution in [0.5, 0.6) is 0 Å². The number of carbonyl (C=O) groups excluding carboxylic acids is 2. The second-order valence-electron chi connectivity index (χ2n) is 7.12. The van der Waals surface area contributed by atoms with Crippen molar-refractivity contribution in [3.8, 4) is 0 Å². The normalized spacial score (nSPS) is 16.3. The van der Waals surface area contributed by atoms with Crippen molar-refractivity contribution in [2.45, 2.75) is 71.6 Å². The van der Waals surface area contributed by atoms with Crippen molar-refractivity contribution in [3.05, 3.63) is 27.1 Å². The van der Waals surface area contributed by atoms with E-state index in [1.807, 2.05) is 13.8 Å². The standard InChI is InChI=1S/C19H25N3O4S/c1-11-13(3)27-18-16(11)19(25)22(10-20-18)9-15(23)26-12(2)17(24)21-14-7-5-4-6-8-14/h10,12,14H,4-9H2,1-3H3,(H,21,24)/t12-/m1/s1. The van der Waals surface area contributed by atoms with Crippen molar-refractivity contribution in [2.75, 3.05) is 0 Å². The van der Waals surface area contributed by atoms with Crippen LogP contribution >= 0.6 is 11.3 Å². The molecule has 8 heteroatoms. The number of aromatic nitrogens is 2. The van der Waals surface area contributed by atoms with Gasteiger partial charge in [0.1, 0.15) is 11.4 Å². The summed E-state index contributed by atoms with van der Waals surface area (Å²) >= 11 is 1.46. The van der Waals surface area contributed by atoms with Crippen molar-refractivity contribution < 1.29 is 14.3 Å². The highest BCUT2D eigenvalue weighted by molar-refractivity contribution is 7.18. The van der Waals surface area contributed by atoms with Gasteiger partial charge in [-0.15, -0.1) is 11.3 Å². The monoisotopic (exact) mass is 391 g/mol. The zero-order chi connectivity index (χ0) is 19.6. The van der Waals surface area contributed by atoms with E-state index in [1.54, 1.807) is 6.92 Å². The molecule has 0 unspecified atom stereocenters. The Kier molecular flexibility index (Phi) is 5.94. The number of amides is 1. The van der Waals surface area contributed by atoms with E-state index in [9.17, 15) is 14.4 Å². The van der Waals surface area contributed by atoms with Gasteiger partial charge < -0.3 is 10.1 Å². The Balaban J connectivity index is 1.62. The second-order valence-corrected chi connectivity index (χ2v) is 8.32. The lowest BCUT2D eigenvalue weighted by atomic mass is 9.95. The molecule has 3 rings (SSSR count). The Labute approximate surface area is 161 Å². The van der Waals surface area contributed by atoms with E-state index >= 15 is 0 Å². The van der Waals surface area contributed by atoms with Gasteiger partial charge in [0.25, 0.3) is 11.5 Å². The minimum atomic E-state index is -0.892. The molecule has 0 aromatic carbocycles. The number of fused-ring (bicyclic) bond motifs is 1. The number of rotatable bonds is 5. The highest BCUT2D eigenvalue weighted by Crippen LogP contribution is 2.25. The van der Waals surface area contributed by atoms with Crippen molar-refractivity contribution in [2.24, 2.45) is 0 Å². The Hall–Kier alpha value is -2.22. The number of hydrogen-bond acceptors (Lipinski definition) is 6. The van der Waals surface area contributed by atoms with Crippen LogP contribution in [0.1, 0.15) is 49.5 Å². The third-order valence-corrected chi connectivity index (χ3v) is 6.20. The highest BCUT2D eigenvalue weighted by Gasteiger charge is 2.23. The van der Waals surface area contributed by atoms with E-state index in [2.05, 4.69) is 10.3 Å². The maximum Gasteiger partial charge on any atom is 0.326 e. The van der Waals surface area contributed by atoms with Crippen LogP contribution in [-0.4, -0.2) is 33.6 Å². The van der Waals surface area contributed by atoms with E-state index in [-0.39, 0.29) is 24.1 Å². The lowest BCUT2D eigenvalue weighted by Gasteiger charge is -2.24. The van der Waals surface area contributed by atoms with Crippen LogP contribution in [0, 0.1) is 13.8 Å². The fourth-order valence-corrected chi connectivity index (χ4v) is 4.36. The quantitative estimate of drug-likeness (QED) is 0.791. The number of carbonyl (C=O) groups is 2. The molecule has 27 heavy (non-hydrogen) atoms. The maximum absolute atomic E-state index is 12.6. The molecule has 2 aromatic rings. The van der Waals surface area contributed by atoms with E-state index in [0.717, 1.165) is 36.1 Å². The highest BCUT2D eigenvalue weighted by atomic mass is 32.1. The van der Waals surface area contributed by atoms with E-state index in [4.69, 9.17) is 4.74 Å². The first-order chi connectivity index (χ1) is 12.9. The fourth-order valence-electron chi connectivity index (χ4n) is 3.38. The molecule has 0 spiro atoms. The van der Waals surface area contributed by atoms with Gasteiger partial charge in [-0.1, -0.05) is 19.3 Å². The molecule has 1 fully saturated rings. The SMILES string of the molecule is Cc1sc2ncn(CC(=O)O[C@H](C)C(=O)NC3CCCCC3)c(=O)c2c1C. The number of nitrogens with one attached hydrogen (secondary N) is 1. The Morgan fingerprint density at radius 2 is 2.04 bits per heavy atom. The molecule has 1 atom stereocenters. The van der Waals surface area contributed by atoms with Crippen molar-refractivity contribution >= 4 is 33.4 Å². The number of hydrogen-bond donors (Lipinski definition) is 1. The molecule has 2 aromatic heterocycles. The predicted octanol–water partition coefficient (Wildman–Crippen LogP) is 2.46. The summed E-state index contributed by atoms with van der Waals surface area (Å²) in [6.45, 7) is 5.09. The Morgan fingerprint density at radius 1 is 1.33 bits per heavy atom. The predicted molar refractivity (Wildman–Crippen MR) is 104 cm³/mol. The summed E-state index contributed by atoms with van der Waals surface area (Å²) in [7, 11) is 0. The summed E-state index contributed by atoms with van der Waals surface area (Å²) in [4.78, 5) is 43.0. The third-order valence-electron chi connectivity index (χ3n) is 5.08. The van der Waals surface area contributed by atoms with Gasteiger partial charge in [-0.05, 0) is 39.2 Å². The molecule has 7 nitrogen and oxygen atoms in total. The van der Waals surface area contributed by atoms with Crippen LogP contribution in [0.3, 0.4) is 0 Å². The first-order valence-corrected chi connectivity index (χ1v) is 10.1. The van der Waals surface area contributed by atoms with E-state index < -0.39 is 12.1 Å². The van der Waals surface area contributed by atoms with Crippen LogP contribution in [-0.2, 0) is 20.9 Å². The summed E-state index contributed by atoms with van der Waals surface area (Å²) in [5, 5.41) is 3.48. The lowest BCUT2D eigenvalue weighted by molar-refractivity contribution is -0.155. The number of thiophene rings is 1. The van der Waals surface area contributed by atoms with Crippen LogP contribution in [0.2, 0.25) is 0 Å². The summed E-state index contributed by atoms with van der Waals surface area (Å²) in [6, 6.07) is 0.159. The van der Waals surface area contributed by atoms with E-state index in [0.29, 0.717) is 10.2 Å². The molecule has 1 aliphatic carbocycles.